The van der Waals surface area contributed by atoms with Crippen LogP contribution in [0, 0.1) is 3.57 Å². The highest BCUT2D eigenvalue weighted by atomic mass is 127. The van der Waals surface area contributed by atoms with Gasteiger partial charge in [0.25, 0.3) is 0 Å². The number of anilines is 1. The first kappa shape index (κ1) is 12.8. The van der Waals surface area contributed by atoms with Gasteiger partial charge in [-0.3, -0.25) is 4.79 Å². The lowest BCUT2D eigenvalue weighted by atomic mass is 9.82. The summed E-state index contributed by atoms with van der Waals surface area (Å²) in [4.78, 5) is 12.1. The Hall–Kier alpha value is -0.620. The molecule has 1 amide bonds. The minimum Gasteiger partial charge on any atom is -0.324 e. The van der Waals surface area contributed by atoms with Gasteiger partial charge in [-0.05, 0) is 59.7 Å². The van der Waals surface area contributed by atoms with Crippen LogP contribution in [0.4, 0.5) is 5.69 Å². The molecule has 0 saturated heterocycles. The predicted octanol–water partition coefficient (Wildman–Crippen LogP) is 2.89. The minimum atomic E-state index is -0.665. The summed E-state index contributed by atoms with van der Waals surface area (Å²) in [5, 5.41) is 2.91. The SMILES string of the molecule is NC1(C(=O)Nc2ccc(I)cc2)CCCCC1. The van der Waals surface area contributed by atoms with Gasteiger partial charge in [-0.1, -0.05) is 19.3 Å². The van der Waals surface area contributed by atoms with Crippen molar-refractivity contribution in [3.05, 3.63) is 27.8 Å². The number of carbonyl (C=O) groups excluding carboxylic acids is 1. The molecule has 2 rings (SSSR count). The van der Waals surface area contributed by atoms with E-state index in [4.69, 9.17) is 5.73 Å². The molecule has 0 spiro atoms. The maximum Gasteiger partial charge on any atom is 0.244 e. The van der Waals surface area contributed by atoms with Crippen molar-refractivity contribution in [2.75, 3.05) is 5.32 Å². The maximum absolute atomic E-state index is 12.1. The smallest absolute Gasteiger partial charge is 0.244 e. The second-order valence-electron chi connectivity index (χ2n) is 4.68. The topological polar surface area (TPSA) is 55.1 Å². The van der Waals surface area contributed by atoms with E-state index in [1.807, 2.05) is 24.3 Å². The van der Waals surface area contributed by atoms with Crippen LogP contribution in [0.2, 0.25) is 0 Å². The number of hydrogen-bond acceptors (Lipinski definition) is 2. The van der Waals surface area contributed by atoms with Gasteiger partial charge in [0, 0.05) is 9.26 Å². The van der Waals surface area contributed by atoms with Crippen molar-refractivity contribution in [2.24, 2.45) is 5.73 Å². The molecular weight excluding hydrogens is 327 g/mol. The summed E-state index contributed by atoms with van der Waals surface area (Å²) in [6, 6.07) is 7.76. The first-order valence-electron chi connectivity index (χ1n) is 5.96. The number of benzene rings is 1. The van der Waals surface area contributed by atoms with Crippen molar-refractivity contribution in [1.82, 2.24) is 0 Å². The van der Waals surface area contributed by atoms with Crippen LogP contribution < -0.4 is 11.1 Å². The molecule has 1 aliphatic rings. The molecule has 3 nitrogen and oxygen atoms in total. The summed E-state index contributed by atoms with van der Waals surface area (Å²) in [5.41, 5.74) is 6.33. The number of nitrogens with two attached hydrogens (primary N) is 1. The fourth-order valence-electron chi connectivity index (χ4n) is 2.20. The Kier molecular flexibility index (Phi) is 4.04. The number of rotatable bonds is 2. The zero-order valence-corrected chi connectivity index (χ0v) is 11.9. The summed E-state index contributed by atoms with van der Waals surface area (Å²) >= 11 is 2.24. The molecule has 1 aromatic carbocycles. The molecule has 0 radical (unpaired) electrons. The Morgan fingerprint density at radius 1 is 1.18 bits per heavy atom. The summed E-state index contributed by atoms with van der Waals surface area (Å²) in [5.74, 6) is -0.0431. The van der Waals surface area contributed by atoms with Gasteiger partial charge in [0.15, 0.2) is 0 Å². The van der Waals surface area contributed by atoms with E-state index in [9.17, 15) is 4.79 Å². The Balaban J connectivity index is 2.03. The standard InChI is InChI=1S/C13H17IN2O/c14-10-4-6-11(7-5-10)16-12(17)13(15)8-2-1-3-9-13/h4-7H,1-3,8-9,15H2,(H,16,17). The van der Waals surface area contributed by atoms with Crippen molar-refractivity contribution in [2.45, 2.75) is 37.6 Å². The van der Waals surface area contributed by atoms with Gasteiger partial charge >= 0.3 is 0 Å². The van der Waals surface area contributed by atoms with Gasteiger partial charge in [-0.15, -0.1) is 0 Å². The second kappa shape index (κ2) is 5.35. The van der Waals surface area contributed by atoms with E-state index in [-0.39, 0.29) is 5.91 Å². The van der Waals surface area contributed by atoms with Crippen LogP contribution in [-0.4, -0.2) is 11.4 Å². The second-order valence-corrected chi connectivity index (χ2v) is 5.92. The zero-order chi connectivity index (χ0) is 12.3. The molecule has 1 aromatic rings. The Bertz CT molecular complexity index is 396. The average molecular weight is 344 g/mol. The van der Waals surface area contributed by atoms with Crippen LogP contribution in [-0.2, 0) is 4.79 Å². The zero-order valence-electron chi connectivity index (χ0n) is 9.71. The van der Waals surface area contributed by atoms with Crippen molar-refractivity contribution in [3.8, 4) is 0 Å². The molecule has 0 aliphatic heterocycles. The largest absolute Gasteiger partial charge is 0.324 e. The van der Waals surface area contributed by atoms with Crippen molar-refractivity contribution in [3.63, 3.8) is 0 Å². The molecule has 92 valence electrons. The van der Waals surface area contributed by atoms with Crippen LogP contribution in [0.3, 0.4) is 0 Å². The highest BCUT2D eigenvalue weighted by Gasteiger charge is 2.35. The van der Waals surface area contributed by atoms with Gasteiger partial charge < -0.3 is 11.1 Å². The lowest BCUT2D eigenvalue weighted by Gasteiger charge is -2.31. The van der Waals surface area contributed by atoms with E-state index in [2.05, 4.69) is 27.9 Å². The van der Waals surface area contributed by atoms with Gasteiger partial charge in [0.1, 0.15) is 0 Å². The van der Waals surface area contributed by atoms with E-state index in [0.717, 1.165) is 34.9 Å². The molecule has 0 atom stereocenters. The predicted molar refractivity (Wildman–Crippen MR) is 77.8 cm³/mol. The minimum absolute atomic E-state index is 0.0431. The normalized spacial score (nSPS) is 18.7. The lowest BCUT2D eigenvalue weighted by molar-refractivity contribution is -0.122. The molecule has 0 bridgehead atoms. The molecule has 4 heteroatoms. The van der Waals surface area contributed by atoms with Crippen molar-refractivity contribution >= 4 is 34.2 Å². The molecule has 1 aliphatic carbocycles. The maximum atomic E-state index is 12.1. The fraction of sp³-hybridized carbons (Fsp3) is 0.462. The first-order valence-corrected chi connectivity index (χ1v) is 7.04. The number of hydrogen-bond donors (Lipinski definition) is 2. The van der Waals surface area contributed by atoms with Crippen LogP contribution >= 0.6 is 22.6 Å². The summed E-state index contributed by atoms with van der Waals surface area (Å²) in [7, 11) is 0. The number of amides is 1. The number of nitrogens with one attached hydrogen (secondary N) is 1. The summed E-state index contributed by atoms with van der Waals surface area (Å²) in [6.45, 7) is 0. The Labute approximate surface area is 115 Å². The monoisotopic (exact) mass is 344 g/mol. The third kappa shape index (κ3) is 3.19. The molecule has 3 N–H and O–H groups in total. The Morgan fingerprint density at radius 2 is 1.76 bits per heavy atom. The van der Waals surface area contributed by atoms with E-state index in [1.165, 1.54) is 6.42 Å². The fourth-order valence-corrected chi connectivity index (χ4v) is 2.56. The molecule has 1 fully saturated rings. The van der Waals surface area contributed by atoms with Crippen LogP contribution in [0.5, 0.6) is 0 Å². The molecule has 1 saturated carbocycles. The van der Waals surface area contributed by atoms with E-state index < -0.39 is 5.54 Å². The van der Waals surface area contributed by atoms with Crippen molar-refractivity contribution < 1.29 is 4.79 Å². The molecule has 0 aromatic heterocycles. The quantitative estimate of drug-likeness (QED) is 0.811. The third-order valence-electron chi connectivity index (χ3n) is 3.30. The van der Waals surface area contributed by atoms with Gasteiger partial charge in [0.05, 0.1) is 5.54 Å². The van der Waals surface area contributed by atoms with E-state index in [0.29, 0.717) is 0 Å². The first-order chi connectivity index (χ1) is 8.10. The molecular formula is C13H17IN2O. The third-order valence-corrected chi connectivity index (χ3v) is 4.02. The van der Waals surface area contributed by atoms with E-state index >= 15 is 0 Å². The van der Waals surface area contributed by atoms with Crippen LogP contribution in [0.1, 0.15) is 32.1 Å². The molecule has 17 heavy (non-hydrogen) atoms. The summed E-state index contributed by atoms with van der Waals surface area (Å²) in [6.07, 6.45) is 4.88. The highest BCUT2D eigenvalue weighted by Crippen LogP contribution is 2.27. The van der Waals surface area contributed by atoms with Crippen LogP contribution in [0.25, 0.3) is 0 Å². The van der Waals surface area contributed by atoms with Gasteiger partial charge in [-0.25, -0.2) is 0 Å². The van der Waals surface area contributed by atoms with Crippen molar-refractivity contribution in [1.29, 1.82) is 0 Å². The van der Waals surface area contributed by atoms with Gasteiger partial charge in [-0.2, -0.15) is 0 Å². The Morgan fingerprint density at radius 3 is 2.35 bits per heavy atom. The lowest BCUT2D eigenvalue weighted by Crippen LogP contribution is -2.52. The van der Waals surface area contributed by atoms with Gasteiger partial charge in [0.2, 0.25) is 5.91 Å². The van der Waals surface area contributed by atoms with E-state index in [1.54, 1.807) is 0 Å². The average Bonchev–Trinajstić information content (AvgIpc) is 2.33. The van der Waals surface area contributed by atoms with Crippen LogP contribution in [0.15, 0.2) is 24.3 Å². The molecule has 0 unspecified atom stereocenters. The highest BCUT2D eigenvalue weighted by molar-refractivity contribution is 14.1. The summed E-state index contributed by atoms with van der Waals surface area (Å²) < 4.78 is 1.15. The number of halogens is 1. The molecule has 0 heterocycles. The number of carbonyl (C=O) groups is 1.